The second-order valence-corrected chi connectivity index (χ2v) is 5.74. The van der Waals surface area contributed by atoms with Crippen molar-refractivity contribution >= 4 is 24.0 Å². The summed E-state index contributed by atoms with van der Waals surface area (Å²) in [5.41, 5.74) is 4.04. The summed E-state index contributed by atoms with van der Waals surface area (Å²) in [6.07, 6.45) is 2.01. The average Bonchev–Trinajstić information content (AvgIpc) is 2.97. The SMILES string of the molecule is Cl.O=C(NC1COc2ccccc21)c1cccc2c1CCCN2. The lowest BCUT2D eigenvalue weighted by atomic mass is 9.96. The van der Waals surface area contributed by atoms with Crippen molar-refractivity contribution in [2.24, 2.45) is 0 Å². The van der Waals surface area contributed by atoms with Crippen LogP contribution in [-0.2, 0) is 6.42 Å². The molecule has 0 saturated heterocycles. The van der Waals surface area contributed by atoms with Gasteiger partial charge >= 0.3 is 0 Å². The summed E-state index contributed by atoms with van der Waals surface area (Å²) in [7, 11) is 0. The number of fused-ring (bicyclic) bond motifs is 2. The van der Waals surface area contributed by atoms with Gasteiger partial charge in [0.1, 0.15) is 12.4 Å². The number of benzene rings is 2. The van der Waals surface area contributed by atoms with Gasteiger partial charge in [-0.2, -0.15) is 0 Å². The summed E-state index contributed by atoms with van der Waals surface area (Å²) in [6.45, 7) is 1.47. The molecule has 4 rings (SSSR count). The number of nitrogens with one attached hydrogen (secondary N) is 2. The van der Waals surface area contributed by atoms with Crippen LogP contribution in [0.25, 0.3) is 0 Å². The molecule has 1 unspecified atom stereocenters. The van der Waals surface area contributed by atoms with E-state index in [0.29, 0.717) is 6.61 Å². The van der Waals surface area contributed by atoms with Crippen molar-refractivity contribution in [1.29, 1.82) is 0 Å². The van der Waals surface area contributed by atoms with Gasteiger partial charge in [0.15, 0.2) is 0 Å². The van der Waals surface area contributed by atoms with Crippen molar-refractivity contribution in [3.63, 3.8) is 0 Å². The van der Waals surface area contributed by atoms with Crippen LogP contribution in [0.1, 0.15) is 33.9 Å². The van der Waals surface area contributed by atoms with Crippen LogP contribution < -0.4 is 15.4 Å². The van der Waals surface area contributed by atoms with Gasteiger partial charge in [-0.05, 0) is 36.6 Å². The molecule has 0 aliphatic carbocycles. The van der Waals surface area contributed by atoms with Gasteiger partial charge in [0.05, 0.1) is 6.04 Å². The molecule has 2 aliphatic rings. The van der Waals surface area contributed by atoms with Gasteiger partial charge in [-0.1, -0.05) is 24.3 Å². The molecular formula is C18H19ClN2O2. The molecule has 2 aromatic rings. The van der Waals surface area contributed by atoms with E-state index in [1.54, 1.807) is 0 Å². The second-order valence-electron chi connectivity index (χ2n) is 5.74. The molecule has 5 heteroatoms. The zero-order chi connectivity index (χ0) is 14.9. The summed E-state index contributed by atoms with van der Waals surface area (Å²) < 4.78 is 5.63. The molecule has 120 valence electrons. The first kappa shape index (κ1) is 15.7. The van der Waals surface area contributed by atoms with Crippen LogP contribution in [-0.4, -0.2) is 19.1 Å². The minimum atomic E-state index is -0.0731. The Morgan fingerprint density at radius 2 is 2.04 bits per heavy atom. The van der Waals surface area contributed by atoms with Crippen LogP contribution in [0, 0.1) is 0 Å². The molecule has 0 fully saturated rings. The zero-order valence-corrected chi connectivity index (χ0v) is 13.5. The van der Waals surface area contributed by atoms with E-state index in [2.05, 4.69) is 10.6 Å². The van der Waals surface area contributed by atoms with Gasteiger partial charge in [-0.25, -0.2) is 0 Å². The highest BCUT2D eigenvalue weighted by Gasteiger charge is 2.26. The third-order valence-electron chi connectivity index (χ3n) is 4.34. The van der Waals surface area contributed by atoms with E-state index in [1.807, 2.05) is 42.5 Å². The molecule has 0 spiro atoms. The lowest BCUT2D eigenvalue weighted by Gasteiger charge is -2.21. The second kappa shape index (κ2) is 6.50. The fraction of sp³-hybridized carbons (Fsp3) is 0.278. The molecule has 23 heavy (non-hydrogen) atoms. The highest BCUT2D eigenvalue weighted by molar-refractivity contribution is 5.97. The molecule has 2 N–H and O–H groups in total. The van der Waals surface area contributed by atoms with Crippen molar-refractivity contribution in [1.82, 2.24) is 5.32 Å². The Morgan fingerprint density at radius 3 is 2.96 bits per heavy atom. The van der Waals surface area contributed by atoms with E-state index in [0.717, 1.165) is 47.5 Å². The molecular weight excluding hydrogens is 312 g/mol. The number of halogens is 1. The number of anilines is 1. The van der Waals surface area contributed by atoms with Crippen LogP contribution in [0.2, 0.25) is 0 Å². The number of rotatable bonds is 2. The minimum absolute atomic E-state index is 0. The highest BCUT2D eigenvalue weighted by atomic mass is 35.5. The van der Waals surface area contributed by atoms with Crippen molar-refractivity contribution in [2.45, 2.75) is 18.9 Å². The molecule has 1 atom stereocenters. The maximum Gasteiger partial charge on any atom is 0.252 e. The Hall–Kier alpha value is -2.20. The van der Waals surface area contributed by atoms with Crippen molar-refractivity contribution in [3.8, 4) is 5.75 Å². The van der Waals surface area contributed by atoms with Crippen LogP contribution in [0.15, 0.2) is 42.5 Å². The van der Waals surface area contributed by atoms with Crippen LogP contribution in [0.4, 0.5) is 5.69 Å². The largest absolute Gasteiger partial charge is 0.491 e. The standard InChI is InChI=1S/C18H18N2O2.ClH/c21-18(13-6-3-8-15-12(13)7-4-10-19-15)20-16-11-22-17-9-2-1-5-14(16)17;/h1-3,5-6,8-9,16,19H,4,7,10-11H2,(H,20,21);1H. The van der Waals surface area contributed by atoms with E-state index < -0.39 is 0 Å². The number of amides is 1. The van der Waals surface area contributed by atoms with Crippen LogP contribution >= 0.6 is 12.4 Å². The Bertz CT molecular complexity index is 733. The molecule has 1 amide bonds. The fourth-order valence-electron chi connectivity index (χ4n) is 3.24. The molecule has 0 aromatic heterocycles. The van der Waals surface area contributed by atoms with Gasteiger partial charge in [0, 0.05) is 23.4 Å². The summed E-state index contributed by atoms with van der Waals surface area (Å²) >= 11 is 0. The van der Waals surface area contributed by atoms with Gasteiger partial charge in [-0.15, -0.1) is 12.4 Å². The number of hydrogen-bond acceptors (Lipinski definition) is 3. The number of carbonyl (C=O) groups is 1. The summed E-state index contributed by atoms with van der Waals surface area (Å²) in [6, 6.07) is 13.7. The highest BCUT2D eigenvalue weighted by Crippen LogP contribution is 2.32. The average molecular weight is 331 g/mol. The molecule has 0 bridgehead atoms. The first-order valence-electron chi connectivity index (χ1n) is 7.71. The van der Waals surface area contributed by atoms with E-state index in [1.165, 1.54) is 0 Å². The third-order valence-corrected chi connectivity index (χ3v) is 4.34. The van der Waals surface area contributed by atoms with Gasteiger partial charge in [0.25, 0.3) is 5.91 Å². The van der Waals surface area contributed by atoms with Gasteiger partial charge in [0.2, 0.25) is 0 Å². The van der Waals surface area contributed by atoms with Crippen molar-refractivity contribution < 1.29 is 9.53 Å². The fourth-order valence-corrected chi connectivity index (χ4v) is 3.24. The van der Waals surface area contributed by atoms with Gasteiger partial charge < -0.3 is 15.4 Å². The maximum absolute atomic E-state index is 12.7. The zero-order valence-electron chi connectivity index (χ0n) is 12.7. The Balaban J connectivity index is 0.00000156. The Morgan fingerprint density at radius 1 is 1.17 bits per heavy atom. The molecule has 0 radical (unpaired) electrons. The molecule has 2 heterocycles. The third kappa shape index (κ3) is 2.86. The Kier molecular flexibility index (Phi) is 4.44. The molecule has 4 nitrogen and oxygen atoms in total. The quantitative estimate of drug-likeness (QED) is 0.888. The van der Waals surface area contributed by atoms with E-state index in [4.69, 9.17) is 4.74 Å². The first-order valence-corrected chi connectivity index (χ1v) is 7.71. The van der Waals surface area contributed by atoms with Crippen LogP contribution in [0.3, 0.4) is 0 Å². The number of ether oxygens (including phenoxy) is 1. The Labute approximate surface area is 141 Å². The van der Waals surface area contributed by atoms with E-state index in [-0.39, 0.29) is 24.4 Å². The van der Waals surface area contributed by atoms with Crippen molar-refractivity contribution in [3.05, 3.63) is 59.2 Å². The summed E-state index contributed by atoms with van der Waals surface area (Å²) in [4.78, 5) is 12.7. The number of carbonyl (C=O) groups excluding carboxylic acids is 1. The minimum Gasteiger partial charge on any atom is -0.491 e. The molecule has 2 aromatic carbocycles. The normalized spacial score (nSPS) is 17.8. The number of para-hydroxylation sites is 1. The van der Waals surface area contributed by atoms with E-state index >= 15 is 0 Å². The molecule has 2 aliphatic heterocycles. The smallest absolute Gasteiger partial charge is 0.252 e. The lowest BCUT2D eigenvalue weighted by Crippen LogP contribution is -2.30. The number of hydrogen-bond donors (Lipinski definition) is 2. The van der Waals surface area contributed by atoms with Crippen molar-refractivity contribution in [2.75, 3.05) is 18.5 Å². The predicted molar refractivity (Wildman–Crippen MR) is 92.6 cm³/mol. The maximum atomic E-state index is 12.7. The van der Waals surface area contributed by atoms with Gasteiger partial charge in [-0.3, -0.25) is 4.79 Å². The summed E-state index contributed by atoms with van der Waals surface area (Å²) in [5, 5.41) is 6.47. The predicted octanol–water partition coefficient (Wildman–Crippen LogP) is 3.33. The van der Waals surface area contributed by atoms with Crippen LogP contribution in [0.5, 0.6) is 5.75 Å². The topological polar surface area (TPSA) is 50.4 Å². The first-order chi connectivity index (χ1) is 10.8. The monoisotopic (exact) mass is 330 g/mol. The summed E-state index contributed by atoms with van der Waals surface area (Å²) in [5.74, 6) is 0.843. The lowest BCUT2D eigenvalue weighted by molar-refractivity contribution is 0.0929. The molecule has 0 saturated carbocycles. The van der Waals surface area contributed by atoms with E-state index in [9.17, 15) is 4.79 Å².